The van der Waals surface area contributed by atoms with Crippen LogP contribution in [-0.2, 0) is 16.6 Å². The van der Waals surface area contributed by atoms with Gasteiger partial charge in [-0.05, 0) is 30.7 Å². The van der Waals surface area contributed by atoms with Crippen molar-refractivity contribution in [3.05, 3.63) is 59.4 Å². The lowest BCUT2D eigenvalue weighted by Crippen LogP contribution is -2.27. The number of hydrogen-bond donors (Lipinski definition) is 1. The number of aryl methyl sites for hydroxylation is 1. The Balaban J connectivity index is 2.30. The second kappa shape index (κ2) is 5.83. The molecule has 0 aromatic heterocycles. The summed E-state index contributed by atoms with van der Waals surface area (Å²) in [6.07, 6.45) is 0. The predicted octanol–water partition coefficient (Wildman–Crippen LogP) is 2.54. The van der Waals surface area contributed by atoms with Crippen LogP contribution in [0, 0.1) is 12.7 Å². The van der Waals surface area contributed by atoms with Crippen LogP contribution in [0.3, 0.4) is 0 Å². The molecule has 0 fully saturated rings. The van der Waals surface area contributed by atoms with E-state index >= 15 is 0 Å². The Kier molecular flexibility index (Phi) is 4.29. The molecule has 0 spiro atoms. The van der Waals surface area contributed by atoms with E-state index in [1.54, 1.807) is 0 Å². The average molecular weight is 308 g/mol. The summed E-state index contributed by atoms with van der Waals surface area (Å²) in [5.74, 6) is -0.842. The van der Waals surface area contributed by atoms with Gasteiger partial charge in [0, 0.05) is 19.3 Å². The predicted molar refractivity (Wildman–Crippen MR) is 80.6 cm³/mol. The minimum Gasteiger partial charge on any atom is -0.399 e. The Bertz CT molecular complexity index is 760. The van der Waals surface area contributed by atoms with Crippen molar-refractivity contribution in [2.75, 3.05) is 12.8 Å². The number of anilines is 1. The number of sulfonamides is 1. The summed E-state index contributed by atoms with van der Waals surface area (Å²) in [5, 5.41) is 0. The Morgan fingerprint density at radius 1 is 1.19 bits per heavy atom. The minimum atomic E-state index is -3.89. The van der Waals surface area contributed by atoms with Crippen molar-refractivity contribution in [2.24, 2.45) is 0 Å². The molecule has 21 heavy (non-hydrogen) atoms. The lowest BCUT2D eigenvalue weighted by atomic mass is 10.1. The van der Waals surface area contributed by atoms with E-state index in [0.29, 0.717) is 0 Å². The van der Waals surface area contributed by atoms with Crippen LogP contribution in [0.2, 0.25) is 0 Å². The molecule has 4 nitrogen and oxygen atoms in total. The smallest absolute Gasteiger partial charge is 0.246 e. The highest BCUT2D eigenvalue weighted by atomic mass is 32.2. The third-order valence-corrected chi connectivity index (χ3v) is 4.97. The number of rotatable bonds is 4. The maximum atomic E-state index is 13.8. The molecule has 0 aliphatic heterocycles. The fourth-order valence-corrected chi connectivity index (χ4v) is 3.25. The first-order chi connectivity index (χ1) is 9.80. The molecule has 112 valence electrons. The van der Waals surface area contributed by atoms with Crippen molar-refractivity contribution in [2.45, 2.75) is 18.4 Å². The van der Waals surface area contributed by atoms with Gasteiger partial charge < -0.3 is 5.73 Å². The fourth-order valence-electron chi connectivity index (χ4n) is 2.05. The molecule has 0 amide bonds. The summed E-state index contributed by atoms with van der Waals surface area (Å²) in [6.45, 7) is 2.10. The Morgan fingerprint density at radius 3 is 2.52 bits per heavy atom. The molecule has 6 heteroatoms. The van der Waals surface area contributed by atoms with Gasteiger partial charge in [0.1, 0.15) is 10.7 Å². The molecule has 0 aliphatic carbocycles. The van der Waals surface area contributed by atoms with E-state index in [4.69, 9.17) is 5.73 Å². The maximum Gasteiger partial charge on any atom is 0.246 e. The SMILES string of the molecule is Cc1cccc(CN(C)S(=O)(=O)c2ccc(N)cc2F)c1. The van der Waals surface area contributed by atoms with Crippen molar-refractivity contribution in [1.29, 1.82) is 0 Å². The summed E-state index contributed by atoms with van der Waals surface area (Å²) in [6, 6.07) is 11.1. The average Bonchev–Trinajstić information content (AvgIpc) is 2.38. The lowest BCUT2D eigenvalue weighted by Gasteiger charge is -2.18. The second-order valence-corrected chi connectivity index (χ2v) is 6.95. The van der Waals surface area contributed by atoms with Crippen LogP contribution in [0.25, 0.3) is 0 Å². The molecular formula is C15H17FN2O2S. The minimum absolute atomic E-state index is 0.174. The number of halogens is 1. The van der Waals surface area contributed by atoms with Gasteiger partial charge in [0.15, 0.2) is 0 Å². The van der Waals surface area contributed by atoms with Crippen LogP contribution in [-0.4, -0.2) is 19.8 Å². The molecular weight excluding hydrogens is 291 g/mol. The van der Waals surface area contributed by atoms with Crippen LogP contribution in [0.1, 0.15) is 11.1 Å². The highest BCUT2D eigenvalue weighted by Crippen LogP contribution is 2.22. The quantitative estimate of drug-likeness (QED) is 0.883. The standard InChI is InChI=1S/C15H17FN2O2S/c1-11-4-3-5-12(8-11)10-18(2)21(19,20)15-7-6-13(17)9-14(15)16/h3-9H,10,17H2,1-2H3. The van der Waals surface area contributed by atoms with Gasteiger partial charge in [0.05, 0.1) is 0 Å². The third kappa shape index (κ3) is 3.40. The molecule has 0 heterocycles. The highest BCUT2D eigenvalue weighted by molar-refractivity contribution is 7.89. The monoisotopic (exact) mass is 308 g/mol. The zero-order valence-corrected chi connectivity index (χ0v) is 12.7. The zero-order valence-electron chi connectivity index (χ0n) is 11.9. The number of nitrogens with zero attached hydrogens (tertiary/aromatic N) is 1. The van der Waals surface area contributed by atoms with Gasteiger partial charge in [-0.2, -0.15) is 4.31 Å². The first-order valence-electron chi connectivity index (χ1n) is 6.37. The molecule has 2 aromatic carbocycles. The van der Waals surface area contributed by atoms with E-state index in [-0.39, 0.29) is 17.1 Å². The molecule has 2 N–H and O–H groups in total. The van der Waals surface area contributed by atoms with Gasteiger partial charge in [0.25, 0.3) is 0 Å². The van der Waals surface area contributed by atoms with E-state index in [9.17, 15) is 12.8 Å². The van der Waals surface area contributed by atoms with Gasteiger partial charge in [-0.3, -0.25) is 0 Å². The number of benzene rings is 2. The first-order valence-corrected chi connectivity index (χ1v) is 7.81. The third-order valence-electron chi connectivity index (χ3n) is 3.13. The first kappa shape index (κ1) is 15.5. The largest absolute Gasteiger partial charge is 0.399 e. The van der Waals surface area contributed by atoms with Crippen LogP contribution in [0.5, 0.6) is 0 Å². The summed E-state index contributed by atoms with van der Waals surface area (Å²) >= 11 is 0. The van der Waals surface area contributed by atoms with Gasteiger partial charge in [0.2, 0.25) is 10.0 Å². The molecule has 2 rings (SSSR count). The van der Waals surface area contributed by atoms with E-state index in [1.165, 1.54) is 19.2 Å². The summed E-state index contributed by atoms with van der Waals surface area (Å²) < 4.78 is 39.7. The normalized spacial score (nSPS) is 11.8. The van der Waals surface area contributed by atoms with Gasteiger partial charge in [-0.25, -0.2) is 12.8 Å². The van der Waals surface area contributed by atoms with E-state index in [0.717, 1.165) is 21.5 Å². The Hall–Kier alpha value is -1.92. The van der Waals surface area contributed by atoms with Gasteiger partial charge >= 0.3 is 0 Å². The number of hydrogen-bond acceptors (Lipinski definition) is 3. The maximum absolute atomic E-state index is 13.8. The molecule has 2 aromatic rings. The fraction of sp³-hybridized carbons (Fsp3) is 0.200. The molecule has 0 radical (unpaired) electrons. The highest BCUT2D eigenvalue weighted by Gasteiger charge is 2.24. The molecule has 0 aliphatic rings. The van der Waals surface area contributed by atoms with Crippen LogP contribution in [0.4, 0.5) is 10.1 Å². The van der Waals surface area contributed by atoms with E-state index in [2.05, 4.69) is 0 Å². The lowest BCUT2D eigenvalue weighted by molar-refractivity contribution is 0.460. The van der Waals surface area contributed by atoms with Gasteiger partial charge in [-0.15, -0.1) is 0 Å². The van der Waals surface area contributed by atoms with Crippen molar-refractivity contribution in [1.82, 2.24) is 4.31 Å². The van der Waals surface area contributed by atoms with E-state index < -0.39 is 15.8 Å². The summed E-state index contributed by atoms with van der Waals surface area (Å²) in [7, 11) is -2.47. The number of nitrogen functional groups attached to an aromatic ring is 1. The van der Waals surface area contributed by atoms with Crippen LogP contribution >= 0.6 is 0 Å². The van der Waals surface area contributed by atoms with Crippen molar-refractivity contribution in [3.63, 3.8) is 0 Å². The van der Waals surface area contributed by atoms with Crippen molar-refractivity contribution < 1.29 is 12.8 Å². The molecule has 0 atom stereocenters. The number of nitrogens with two attached hydrogens (primary N) is 1. The van der Waals surface area contributed by atoms with Crippen LogP contribution < -0.4 is 5.73 Å². The Labute approximate surface area is 124 Å². The van der Waals surface area contributed by atoms with Gasteiger partial charge in [-0.1, -0.05) is 29.8 Å². The van der Waals surface area contributed by atoms with E-state index in [1.807, 2.05) is 31.2 Å². The Morgan fingerprint density at radius 2 is 1.90 bits per heavy atom. The van der Waals surface area contributed by atoms with Crippen LogP contribution in [0.15, 0.2) is 47.4 Å². The molecule has 0 unspecified atom stereocenters. The molecule has 0 saturated carbocycles. The van der Waals surface area contributed by atoms with Crippen molar-refractivity contribution >= 4 is 15.7 Å². The van der Waals surface area contributed by atoms with Crippen molar-refractivity contribution in [3.8, 4) is 0 Å². The zero-order chi connectivity index (χ0) is 15.6. The second-order valence-electron chi connectivity index (χ2n) is 4.94. The molecule has 0 saturated heterocycles. The molecule has 0 bridgehead atoms. The summed E-state index contributed by atoms with van der Waals surface area (Å²) in [4.78, 5) is -0.369. The topological polar surface area (TPSA) is 63.4 Å². The summed E-state index contributed by atoms with van der Waals surface area (Å²) in [5.41, 5.74) is 7.51.